The number of hydrogen-bond donors (Lipinski definition) is 1. The third-order valence-electron chi connectivity index (χ3n) is 5.66. The van der Waals surface area contributed by atoms with Crippen LogP contribution in [0.4, 0.5) is 0 Å². The standard InChI is InChI=1S/C25H16N4O3S2/c30-22(31)12-18-16-5-1-2-6-17(16)24(32)29(28-18)25-27-23-15(4-3-7-21(23)34-25)10-14-8-9-20-19(11-14)26-13-33-20/h1-9,11,13H,10,12H2,(H,30,31). The van der Waals surface area contributed by atoms with Crippen LogP contribution in [0.15, 0.2) is 71.0 Å². The van der Waals surface area contributed by atoms with Gasteiger partial charge in [0.1, 0.15) is 0 Å². The van der Waals surface area contributed by atoms with Crippen molar-refractivity contribution < 1.29 is 9.90 Å². The Balaban J connectivity index is 1.48. The van der Waals surface area contributed by atoms with E-state index in [4.69, 9.17) is 4.98 Å². The average Bonchev–Trinajstić information content (AvgIpc) is 3.48. The van der Waals surface area contributed by atoms with Crippen molar-refractivity contribution >= 4 is 59.8 Å². The van der Waals surface area contributed by atoms with Crippen LogP contribution in [0.2, 0.25) is 0 Å². The van der Waals surface area contributed by atoms with Gasteiger partial charge in [-0.2, -0.15) is 9.78 Å². The predicted molar refractivity (Wildman–Crippen MR) is 134 cm³/mol. The van der Waals surface area contributed by atoms with Crippen molar-refractivity contribution in [3.8, 4) is 5.13 Å². The van der Waals surface area contributed by atoms with Gasteiger partial charge in [0.2, 0.25) is 5.13 Å². The number of carbonyl (C=O) groups is 1. The van der Waals surface area contributed by atoms with Crippen LogP contribution >= 0.6 is 22.7 Å². The second-order valence-corrected chi connectivity index (χ2v) is 9.77. The molecule has 3 aromatic carbocycles. The molecule has 0 amide bonds. The summed E-state index contributed by atoms with van der Waals surface area (Å²) in [7, 11) is 0. The fourth-order valence-electron chi connectivity index (χ4n) is 4.12. The number of rotatable bonds is 5. The number of thiazole rings is 2. The van der Waals surface area contributed by atoms with Gasteiger partial charge in [0, 0.05) is 5.39 Å². The molecule has 3 aromatic heterocycles. The molecule has 9 heteroatoms. The molecule has 6 aromatic rings. The monoisotopic (exact) mass is 484 g/mol. The number of carboxylic acids is 1. The first-order chi connectivity index (χ1) is 16.6. The molecule has 0 bridgehead atoms. The molecule has 0 spiro atoms. The summed E-state index contributed by atoms with van der Waals surface area (Å²) in [4.78, 5) is 33.8. The van der Waals surface area contributed by atoms with E-state index >= 15 is 0 Å². The van der Waals surface area contributed by atoms with Crippen molar-refractivity contribution in [2.45, 2.75) is 12.8 Å². The molecule has 0 atom stereocenters. The van der Waals surface area contributed by atoms with Crippen LogP contribution in [0.3, 0.4) is 0 Å². The number of benzene rings is 3. The Bertz CT molecular complexity index is 1780. The molecular weight excluding hydrogens is 468 g/mol. The fraction of sp³-hybridized carbons (Fsp3) is 0.0800. The van der Waals surface area contributed by atoms with Crippen LogP contribution < -0.4 is 5.56 Å². The van der Waals surface area contributed by atoms with Crippen molar-refractivity contribution in [3.05, 3.63) is 93.3 Å². The number of hydrogen-bond acceptors (Lipinski definition) is 7. The Morgan fingerprint density at radius 2 is 1.85 bits per heavy atom. The predicted octanol–water partition coefficient (Wildman–Crippen LogP) is 4.82. The average molecular weight is 485 g/mol. The van der Waals surface area contributed by atoms with Crippen molar-refractivity contribution in [1.29, 1.82) is 0 Å². The topological polar surface area (TPSA) is 98.0 Å². The van der Waals surface area contributed by atoms with Crippen molar-refractivity contribution in [3.63, 3.8) is 0 Å². The van der Waals surface area contributed by atoms with Crippen molar-refractivity contribution in [2.24, 2.45) is 0 Å². The number of aromatic nitrogens is 4. The lowest BCUT2D eigenvalue weighted by Crippen LogP contribution is -2.23. The molecule has 0 aliphatic heterocycles. The molecule has 0 aliphatic rings. The second kappa shape index (κ2) is 8.12. The van der Waals surface area contributed by atoms with Crippen LogP contribution in [0.25, 0.3) is 36.3 Å². The van der Waals surface area contributed by atoms with Crippen molar-refractivity contribution in [2.75, 3.05) is 0 Å². The van der Waals surface area contributed by atoms with Gasteiger partial charge in [-0.15, -0.1) is 11.3 Å². The summed E-state index contributed by atoms with van der Waals surface area (Å²) in [6.07, 6.45) is 0.397. The third-order valence-corrected chi connectivity index (χ3v) is 7.47. The van der Waals surface area contributed by atoms with Crippen LogP contribution in [0.1, 0.15) is 16.8 Å². The molecule has 0 saturated heterocycles. The van der Waals surface area contributed by atoms with Gasteiger partial charge in [-0.1, -0.05) is 47.7 Å². The highest BCUT2D eigenvalue weighted by Crippen LogP contribution is 2.29. The molecular formula is C25H16N4O3S2. The maximum atomic E-state index is 13.2. The molecule has 0 aliphatic carbocycles. The first kappa shape index (κ1) is 20.6. The van der Waals surface area contributed by atoms with Gasteiger partial charge < -0.3 is 5.11 Å². The van der Waals surface area contributed by atoms with E-state index in [0.717, 1.165) is 31.6 Å². The second-order valence-electron chi connectivity index (χ2n) is 7.87. The number of para-hydroxylation sites is 1. The van der Waals surface area contributed by atoms with E-state index in [2.05, 4.69) is 28.3 Å². The molecule has 166 valence electrons. The number of nitrogens with zero attached hydrogens (tertiary/aromatic N) is 4. The summed E-state index contributed by atoms with van der Waals surface area (Å²) in [5.74, 6) is -1.01. The van der Waals surface area contributed by atoms with E-state index in [9.17, 15) is 14.7 Å². The maximum absolute atomic E-state index is 13.2. The Labute approximate surface area is 200 Å². The van der Waals surface area contributed by atoms with E-state index in [1.54, 1.807) is 35.6 Å². The molecule has 0 radical (unpaired) electrons. The van der Waals surface area contributed by atoms with E-state index in [1.165, 1.54) is 16.0 Å². The van der Waals surface area contributed by atoms with Gasteiger partial charge >= 0.3 is 5.97 Å². The molecule has 0 unspecified atom stereocenters. The first-order valence-electron chi connectivity index (χ1n) is 10.5. The summed E-state index contributed by atoms with van der Waals surface area (Å²) in [6.45, 7) is 0. The lowest BCUT2D eigenvalue weighted by Gasteiger charge is -2.07. The van der Waals surface area contributed by atoms with E-state index < -0.39 is 5.97 Å². The quantitative estimate of drug-likeness (QED) is 0.377. The smallest absolute Gasteiger partial charge is 0.309 e. The Hall–Kier alpha value is -3.95. The largest absolute Gasteiger partial charge is 0.481 e. The first-order valence-corrected chi connectivity index (χ1v) is 12.2. The summed E-state index contributed by atoms with van der Waals surface area (Å²) in [5, 5.41) is 15.2. The SMILES string of the molecule is O=C(O)Cc1nn(-c2nc3c(Cc4ccc5scnc5c4)cccc3s2)c(=O)c2ccccc12. The van der Waals surface area contributed by atoms with Gasteiger partial charge in [0.05, 0.1) is 43.4 Å². The zero-order valence-electron chi connectivity index (χ0n) is 17.6. The zero-order chi connectivity index (χ0) is 23.2. The van der Waals surface area contributed by atoms with Gasteiger partial charge in [-0.25, -0.2) is 9.97 Å². The molecule has 7 nitrogen and oxygen atoms in total. The molecule has 3 heterocycles. The van der Waals surface area contributed by atoms with E-state index in [0.29, 0.717) is 28.0 Å². The van der Waals surface area contributed by atoms with Crippen molar-refractivity contribution in [1.82, 2.24) is 19.7 Å². The zero-order valence-corrected chi connectivity index (χ0v) is 19.3. The van der Waals surface area contributed by atoms with Gasteiger partial charge in [0.15, 0.2) is 0 Å². The maximum Gasteiger partial charge on any atom is 0.309 e. The highest BCUT2D eigenvalue weighted by Gasteiger charge is 2.17. The Kier molecular flexibility index (Phi) is 4.93. The van der Waals surface area contributed by atoms with E-state index in [1.807, 2.05) is 23.7 Å². The third kappa shape index (κ3) is 3.55. The molecule has 0 saturated carbocycles. The molecule has 1 N–H and O–H groups in total. The van der Waals surface area contributed by atoms with Crippen LogP contribution in [0.5, 0.6) is 0 Å². The Morgan fingerprint density at radius 3 is 2.71 bits per heavy atom. The lowest BCUT2D eigenvalue weighted by molar-refractivity contribution is -0.136. The van der Waals surface area contributed by atoms with Crippen LogP contribution in [-0.4, -0.2) is 30.8 Å². The number of carboxylic acid groups (broad SMARTS) is 1. The van der Waals surface area contributed by atoms with Crippen LogP contribution in [0, 0.1) is 0 Å². The minimum absolute atomic E-state index is 0.282. The minimum atomic E-state index is -1.01. The molecule has 6 rings (SSSR count). The van der Waals surface area contributed by atoms with Gasteiger partial charge in [0.25, 0.3) is 5.56 Å². The summed E-state index contributed by atoms with van der Waals surface area (Å²) in [6, 6.07) is 19.2. The number of aliphatic carboxylic acids is 1. The van der Waals surface area contributed by atoms with Crippen LogP contribution in [-0.2, 0) is 17.6 Å². The van der Waals surface area contributed by atoms with E-state index in [-0.39, 0.29) is 12.0 Å². The molecule has 0 fully saturated rings. The van der Waals surface area contributed by atoms with Gasteiger partial charge in [-0.3, -0.25) is 9.59 Å². The highest BCUT2D eigenvalue weighted by atomic mass is 32.1. The summed E-state index contributed by atoms with van der Waals surface area (Å²) < 4.78 is 3.32. The normalized spacial score (nSPS) is 11.5. The number of fused-ring (bicyclic) bond motifs is 3. The summed E-state index contributed by atoms with van der Waals surface area (Å²) >= 11 is 2.98. The minimum Gasteiger partial charge on any atom is -0.481 e. The lowest BCUT2D eigenvalue weighted by atomic mass is 10.0. The molecule has 34 heavy (non-hydrogen) atoms. The fourth-order valence-corrected chi connectivity index (χ4v) is 5.74. The highest BCUT2D eigenvalue weighted by molar-refractivity contribution is 7.20. The Morgan fingerprint density at radius 1 is 1.00 bits per heavy atom. The summed E-state index contributed by atoms with van der Waals surface area (Å²) in [5.41, 5.74) is 5.81. The van der Waals surface area contributed by atoms with Gasteiger partial charge in [-0.05, 0) is 41.8 Å².